The Balaban J connectivity index is 2.38. The molecule has 1 saturated carbocycles. The fraction of sp³-hybridized carbons (Fsp3) is 0.625. The summed E-state index contributed by atoms with van der Waals surface area (Å²) >= 11 is 0. The predicted octanol–water partition coefficient (Wildman–Crippen LogP) is 4.07. The van der Waals surface area contributed by atoms with Crippen molar-refractivity contribution in [2.24, 2.45) is 5.41 Å². The van der Waals surface area contributed by atoms with Gasteiger partial charge in [-0.2, -0.15) is 0 Å². The van der Waals surface area contributed by atoms with Gasteiger partial charge in [-0.15, -0.1) is 0 Å². The van der Waals surface area contributed by atoms with Gasteiger partial charge in [0.05, 0.1) is 7.11 Å². The zero-order valence-corrected chi connectivity index (χ0v) is 12.1. The molecule has 1 aromatic carbocycles. The lowest BCUT2D eigenvalue weighted by Crippen LogP contribution is -2.36. The number of benzene rings is 1. The van der Waals surface area contributed by atoms with Crippen LogP contribution >= 0.6 is 0 Å². The van der Waals surface area contributed by atoms with Gasteiger partial charge in [0.1, 0.15) is 11.6 Å². The fourth-order valence-corrected chi connectivity index (χ4v) is 3.46. The molecule has 19 heavy (non-hydrogen) atoms. The molecule has 1 unspecified atom stereocenters. The molecule has 106 valence electrons. The molecule has 1 aromatic rings. The average Bonchev–Trinajstić information content (AvgIpc) is 2.40. The highest BCUT2D eigenvalue weighted by atomic mass is 19.1. The molecular weight excluding hydrogens is 241 g/mol. The summed E-state index contributed by atoms with van der Waals surface area (Å²) in [6.07, 6.45) is 6.18. The Labute approximate surface area is 115 Å². The van der Waals surface area contributed by atoms with Gasteiger partial charge in [0.2, 0.25) is 0 Å². The summed E-state index contributed by atoms with van der Waals surface area (Å²) in [6, 6.07) is 4.93. The summed E-state index contributed by atoms with van der Waals surface area (Å²) in [5.41, 5.74) is 1.11. The first kappa shape index (κ1) is 14.3. The SMILES string of the molecule is CNC(c1cc(F)ccc1OC)C1(C)CCCCC1. The van der Waals surface area contributed by atoms with Crippen LogP contribution in [0.5, 0.6) is 5.75 Å². The van der Waals surface area contributed by atoms with E-state index in [2.05, 4.69) is 12.2 Å². The summed E-state index contributed by atoms with van der Waals surface area (Å²) in [5, 5.41) is 3.38. The van der Waals surface area contributed by atoms with Crippen LogP contribution in [0.15, 0.2) is 18.2 Å². The summed E-state index contributed by atoms with van der Waals surface area (Å²) < 4.78 is 19.0. The molecule has 0 amide bonds. The normalized spacial score (nSPS) is 20.0. The number of ether oxygens (including phenoxy) is 1. The molecule has 0 aromatic heterocycles. The van der Waals surface area contributed by atoms with Crippen molar-refractivity contribution in [1.82, 2.24) is 5.32 Å². The molecule has 1 N–H and O–H groups in total. The zero-order valence-electron chi connectivity index (χ0n) is 12.1. The molecule has 1 atom stereocenters. The molecule has 0 radical (unpaired) electrons. The minimum Gasteiger partial charge on any atom is -0.496 e. The van der Waals surface area contributed by atoms with Crippen LogP contribution in [0.2, 0.25) is 0 Å². The zero-order chi connectivity index (χ0) is 13.9. The number of methoxy groups -OCH3 is 1. The van der Waals surface area contributed by atoms with Crippen molar-refractivity contribution in [2.75, 3.05) is 14.2 Å². The summed E-state index contributed by atoms with van der Waals surface area (Å²) in [5.74, 6) is 0.572. The first-order valence-electron chi connectivity index (χ1n) is 7.11. The van der Waals surface area contributed by atoms with E-state index >= 15 is 0 Å². The number of rotatable bonds is 4. The van der Waals surface area contributed by atoms with E-state index in [4.69, 9.17) is 4.74 Å². The van der Waals surface area contributed by atoms with Crippen LogP contribution in [-0.4, -0.2) is 14.2 Å². The minimum absolute atomic E-state index is 0.137. The second kappa shape index (κ2) is 5.91. The third kappa shape index (κ3) is 2.92. The molecule has 3 heteroatoms. The van der Waals surface area contributed by atoms with Crippen LogP contribution in [0.25, 0.3) is 0 Å². The highest BCUT2D eigenvalue weighted by molar-refractivity contribution is 5.37. The Kier molecular flexibility index (Phi) is 4.46. The first-order chi connectivity index (χ1) is 9.10. The van der Waals surface area contributed by atoms with E-state index in [9.17, 15) is 4.39 Å². The van der Waals surface area contributed by atoms with Gasteiger partial charge in [0.15, 0.2) is 0 Å². The van der Waals surface area contributed by atoms with Gasteiger partial charge in [-0.3, -0.25) is 0 Å². The van der Waals surface area contributed by atoms with E-state index in [1.807, 2.05) is 7.05 Å². The summed E-state index contributed by atoms with van der Waals surface area (Å²) in [6.45, 7) is 2.30. The standard InChI is InChI=1S/C16H24FNO/c1-16(9-5-4-6-10-16)15(18-2)13-11-12(17)7-8-14(13)19-3/h7-8,11,15,18H,4-6,9-10H2,1-3H3. The lowest BCUT2D eigenvalue weighted by Gasteiger charge is -2.41. The van der Waals surface area contributed by atoms with Crippen molar-refractivity contribution in [2.45, 2.75) is 45.1 Å². The summed E-state index contributed by atoms with van der Waals surface area (Å²) in [7, 11) is 3.60. The second-order valence-corrected chi connectivity index (χ2v) is 5.82. The van der Waals surface area contributed by atoms with Gasteiger partial charge in [-0.1, -0.05) is 26.2 Å². The number of hydrogen-bond acceptors (Lipinski definition) is 2. The van der Waals surface area contributed by atoms with E-state index < -0.39 is 0 Å². The first-order valence-corrected chi connectivity index (χ1v) is 7.11. The Morgan fingerprint density at radius 2 is 1.95 bits per heavy atom. The molecule has 1 aliphatic rings. The third-order valence-corrected chi connectivity index (χ3v) is 4.48. The third-order valence-electron chi connectivity index (χ3n) is 4.48. The van der Waals surface area contributed by atoms with E-state index in [0.29, 0.717) is 0 Å². The van der Waals surface area contributed by atoms with Crippen molar-refractivity contribution in [3.8, 4) is 5.75 Å². The molecule has 2 rings (SSSR count). The minimum atomic E-state index is -0.199. The molecule has 1 aliphatic carbocycles. The fourth-order valence-electron chi connectivity index (χ4n) is 3.46. The predicted molar refractivity (Wildman–Crippen MR) is 75.9 cm³/mol. The maximum absolute atomic E-state index is 13.6. The monoisotopic (exact) mass is 265 g/mol. The molecule has 2 nitrogen and oxygen atoms in total. The van der Waals surface area contributed by atoms with E-state index in [1.165, 1.54) is 38.2 Å². The van der Waals surface area contributed by atoms with Gasteiger partial charge in [0.25, 0.3) is 0 Å². The summed E-state index contributed by atoms with van der Waals surface area (Å²) in [4.78, 5) is 0. The van der Waals surface area contributed by atoms with Crippen LogP contribution < -0.4 is 10.1 Å². The largest absolute Gasteiger partial charge is 0.496 e. The Bertz CT molecular complexity index is 427. The van der Waals surface area contributed by atoms with Gasteiger partial charge in [-0.05, 0) is 43.5 Å². The lowest BCUT2D eigenvalue weighted by atomic mass is 9.68. The molecule has 1 fully saturated rings. The van der Waals surface area contributed by atoms with E-state index in [1.54, 1.807) is 19.2 Å². The number of nitrogens with one attached hydrogen (secondary N) is 1. The highest BCUT2D eigenvalue weighted by Crippen LogP contribution is 2.47. The van der Waals surface area contributed by atoms with Crippen LogP contribution in [0.4, 0.5) is 4.39 Å². The molecule has 0 heterocycles. The van der Waals surface area contributed by atoms with Gasteiger partial charge >= 0.3 is 0 Å². The van der Waals surface area contributed by atoms with Crippen LogP contribution in [0, 0.1) is 11.2 Å². The molecule has 0 aliphatic heterocycles. The highest BCUT2D eigenvalue weighted by Gasteiger charge is 2.37. The topological polar surface area (TPSA) is 21.3 Å². The Morgan fingerprint density at radius 1 is 1.26 bits per heavy atom. The smallest absolute Gasteiger partial charge is 0.123 e. The maximum atomic E-state index is 13.6. The Morgan fingerprint density at radius 3 is 2.53 bits per heavy atom. The van der Waals surface area contributed by atoms with Crippen LogP contribution in [0.3, 0.4) is 0 Å². The molecular formula is C16H24FNO. The van der Waals surface area contributed by atoms with Gasteiger partial charge in [0, 0.05) is 11.6 Å². The van der Waals surface area contributed by atoms with Crippen molar-refractivity contribution in [3.63, 3.8) is 0 Å². The van der Waals surface area contributed by atoms with Crippen LogP contribution in [0.1, 0.15) is 50.6 Å². The second-order valence-electron chi connectivity index (χ2n) is 5.82. The van der Waals surface area contributed by atoms with Crippen molar-refractivity contribution in [1.29, 1.82) is 0 Å². The van der Waals surface area contributed by atoms with Crippen molar-refractivity contribution in [3.05, 3.63) is 29.6 Å². The quantitative estimate of drug-likeness (QED) is 0.886. The van der Waals surface area contributed by atoms with Crippen LogP contribution in [-0.2, 0) is 0 Å². The number of hydrogen-bond donors (Lipinski definition) is 1. The maximum Gasteiger partial charge on any atom is 0.123 e. The molecule has 0 bridgehead atoms. The van der Waals surface area contributed by atoms with E-state index in [-0.39, 0.29) is 17.3 Å². The van der Waals surface area contributed by atoms with Crippen molar-refractivity contribution < 1.29 is 9.13 Å². The van der Waals surface area contributed by atoms with E-state index in [0.717, 1.165) is 11.3 Å². The average molecular weight is 265 g/mol. The molecule has 0 saturated heterocycles. The Hall–Kier alpha value is -1.09. The molecule has 0 spiro atoms. The van der Waals surface area contributed by atoms with Gasteiger partial charge < -0.3 is 10.1 Å². The number of halogens is 1. The lowest BCUT2D eigenvalue weighted by molar-refractivity contribution is 0.148. The van der Waals surface area contributed by atoms with Crippen molar-refractivity contribution >= 4 is 0 Å². The van der Waals surface area contributed by atoms with Gasteiger partial charge in [-0.25, -0.2) is 4.39 Å².